The number of nitrogens with one attached hydrogen (secondary N) is 1. The van der Waals surface area contributed by atoms with Gasteiger partial charge in [-0.3, -0.25) is 9.59 Å². The number of rotatable bonds is 8. The Kier molecular flexibility index (Phi) is 8.29. The van der Waals surface area contributed by atoms with Gasteiger partial charge >= 0.3 is 5.97 Å². The Morgan fingerprint density at radius 1 is 1.12 bits per heavy atom. The molecule has 1 aromatic carbocycles. The van der Waals surface area contributed by atoms with Gasteiger partial charge < -0.3 is 29.2 Å². The molecule has 0 unspecified atom stereocenters. The van der Waals surface area contributed by atoms with E-state index in [9.17, 15) is 14.4 Å². The van der Waals surface area contributed by atoms with E-state index in [1.807, 2.05) is 31.4 Å². The molecule has 1 saturated heterocycles. The zero-order chi connectivity index (χ0) is 24.0. The highest BCUT2D eigenvalue weighted by Crippen LogP contribution is 2.34. The predicted octanol–water partition coefficient (Wildman–Crippen LogP) is 2.74. The molecule has 1 aromatic heterocycles. The van der Waals surface area contributed by atoms with Crippen molar-refractivity contribution >= 4 is 34.8 Å². The number of hydrogen-bond donors (Lipinski definition) is 1. The molecular formula is C23H28N2O7S. The number of anilines is 1. The van der Waals surface area contributed by atoms with Crippen LogP contribution in [0.5, 0.6) is 11.5 Å². The molecule has 3 rings (SSSR count). The van der Waals surface area contributed by atoms with Crippen molar-refractivity contribution in [2.45, 2.75) is 32.5 Å². The van der Waals surface area contributed by atoms with Crippen molar-refractivity contribution in [1.29, 1.82) is 0 Å². The molecule has 2 amide bonds. The normalized spacial score (nSPS) is 17.9. The van der Waals surface area contributed by atoms with Gasteiger partial charge in [-0.2, -0.15) is 0 Å². The molecule has 0 saturated carbocycles. The molecule has 0 spiro atoms. The standard InChI is InChI=1S/C23H28N2O7S/c1-14-11-25(12-15(2)32-14)22(27)13-31-23(28)17-9-19(29-3)20(30-4)10-18(17)24-21(26)8-16-6-5-7-33-16/h5-7,9-10,14-15H,8,11-13H2,1-4H3,(H,24,26)/t14-,15-/m1/s1. The Bertz CT molecular complexity index is 983. The lowest BCUT2D eigenvalue weighted by Crippen LogP contribution is -2.49. The Hall–Kier alpha value is -3.11. The van der Waals surface area contributed by atoms with E-state index >= 15 is 0 Å². The van der Waals surface area contributed by atoms with Crippen LogP contribution in [0.15, 0.2) is 29.6 Å². The lowest BCUT2D eigenvalue weighted by atomic mass is 10.1. The van der Waals surface area contributed by atoms with Crippen LogP contribution in [0.1, 0.15) is 29.1 Å². The van der Waals surface area contributed by atoms with Crippen molar-refractivity contribution in [2.24, 2.45) is 0 Å². The highest BCUT2D eigenvalue weighted by atomic mass is 32.1. The average Bonchev–Trinajstić information content (AvgIpc) is 3.29. The number of carbonyl (C=O) groups is 3. The summed E-state index contributed by atoms with van der Waals surface area (Å²) in [6, 6.07) is 6.63. The van der Waals surface area contributed by atoms with Crippen LogP contribution in [-0.2, 0) is 25.5 Å². The summed E-state index contributed by atoms with van der Waals surface area (Å²) < 4.78 is 21.5. The van der Waals surface area contributed by atoms with Gasteiger partial charge in [-0.05, 0) is 25.3 Å². The zero-order valence-electron chi connectivity index (χ0n) is 19.1. The average molecular weight is 477 g/mol. The molecule has 2 atom stereocenters. The number of hydrogen-bond acceptors (Lipinski definition) is 8. The Labute approximate surface area is 196 Å². The fourth-order valence-electron chi connectivity index (χ4n) is 3.59. The topological polar surface area (TPSA) is 103 Å². The second-order valence-corrected chi connectivity index (χ2v) is 8.72. The molecule has 9 nitrogen and oxygen atoms in total. The predicted molar refractivity (Wildman–Crippen MR) is 123 cm³/mol. The van der Waals surface area contributed by atoms with E-state index in [0.29, 0.717) is 24.6 Å². The van der Waals surface area contributed by atoms with Gasteiger partial charge in [0.1, 0.15) is 0 Å². The maximum atomic E-state index is 12.9. The fraction of sp³-hybridized carbons (Fsp3) is 0.435. The van der Waals surface area contributed by atoms with Gasteiger partial charge in [0.2, 0.25) is 5.91 Å². The minimum absolute atomic E-state index is 0.0590. The molecular weight excluding hydrogens is 448 g/mol. The highest BCUT2D eigenvalue weighted by molar-refractivity contribution is 7.10. The number of benzene rings is 1. The van der Waals surface area contributed by atoms with E-state index in [4.69, 9.17) is 18.9 Å². The summed E-state index contributed by atoms with van der Waals surface area (Å²) in [5, 5.41) is 4.62. The van der Waals surface area contributed by atoms with Crippen molar-refractivity contribution in [2.75, 3.05) is 39.2 Å². The fourth-order valence-corrected chi connectivity index (χ4v) is 4.30. The van der Waals surface area contributed by atoms with Gasteiger partial charge in [0.25, 0.3) is 5.91 Å². The molecule has 2 heterocycles. The van der Waals surface area contributed by atoms with Gasteiger partial charge in [0, 0.05) is 30.1 Å². The molecule has 178 valence electrons. The number of thiophene rings is 1. The van der Waals surface area contributed by atoms with Gasteiger partial charge in [-0.15, -0.1) is 11.3 Å². The lowest BCUT2D eigenvalue weighted by molar-refractivity contribution is -0.146. The molecule has 33 heavy (non-hydrogen) atoms. The number of esters is 1. The highest BCUT2D eigenvalue weighted by Gasteiger charge is 2.27. The van der Waals surface area contributed by atoms with Crippen molar-refractivity contribution in [3.05, 3.63) is 40.1 Å². The first-order valence-corrected chi connectivity index (χ1v) is 11.4. The summed E-state index contributed by atoms with van der Waals surface area (Å²) in [7, 11) is 2.89. The summed E-state index contributed by atoms with van der Waals surface area (Å²) in [6.07, 6.45) is -0.0272. The van der Waals surface area contributed by atoms with Crippen molar-refractivity contribution < 1.29 is 33.3 Å². The Morgan fingerprint density at radius 3 is 2.39 bits per heavy atom. The van der Waals surface area contributed by atoms with Crippen LogP contribution in [-0.4, -0.2) is 68.8 Å². The summed E-state index contributed by atoms with van der Waals surface area (Å²) in [5.41, 5.74) is 0.268. The smallest absolute Gasteiger partial charge is 0.340 e. The third-order valence-corrected chi connectivity index (χ3v) is 5.91. The van der Waals surface area contributed by atoms with Gasteiger partial charge in [0.15, 0.2) is 18.1 Å². The van der Waals surface area contributed by atoms with E-state index in [-0.39, 0.29) is 41.7 Å². The van der Waals surface area contributed by atoms with Gasteiger partial charge in [-0.1, -0.05) is 6.07 Å². The molecule has 1 N–H and O–H groups in total. The van der Waals surface area contributed by atoms with E-state index in [1.54, 1.807) is 4.90 Å². The lowest BCUT2D eigenvalue weighted by Gasteiger charge is -2.35. The van der Waals surface area contributed by atoms with Crippen LogP contribution in [0.4, 0.5) is 5.69 Å². The van der Waals surface area contributed by atoms with Crippen molar-refractivity contribution in [3.8, 4) is 11.5 Å². The minimum Gasteiger partial charge on any atom is -0.493 e. The second kappa shape index (κ2) is 11.2. The largest absolute Gasteiger partial charge is 0.493 e. The molecule has 1 aliphatic heterocycles. The number of carbonyl (C=O) groups excluding carboxylic acids is 3. The third-order valence-electron chi connectivity index (χ3n) is 5.03. The molecule has 1 aliphatic rings. The monoisotopic (exact) mass is 476 g/mol. The van der Waals surface area contributed by atoms with E-state index in [2.05, 4.69) is 5.32 Å². The third kappa shape index (κ3) is 6.45. The quantitative estimate of drug-likeness (QED) is 0.585. The number of morpholine rings is 1. The van der Waals surface area contributed by atoms with E-state index < -0.39 is 12.6 Å². The molecule has 0 aliphatic carbocycles. The van der Waals surface area contributed by atoms with Crippen LogP contribution in [0.3, 0.4) is 0 Å². The van der Waals surface area contributed by atoms with Crippen LogP contribution in [0, 0.1) is 0 Å². The van der Waals surface area contributed by atoms with Crippen LogP contribution in [0.2, 0.25) is 0 Å². The van der Waals surface area contributed by atoms with Crippen LogP contribution < -0.4 is 14.8 Å². The number of ether oxygens (including phenoxy) is 4. The SMILES string of the molecule is COc1cc(NC(=O)Cc2cccs2)c(C(=O)OCC(=O)N2C[C@@H](C)O[C@H](C)C2)cc1OC. The molecule has 2 aromatic rings. The first-order chi connectivity index (χ1) is 15.8. The molecule has 1 fully saturated rings. The van der Waals surface area contributed by atoms with E-state index in [1.165, 1.54) is 37.7 Å². The maximum Gasteiger partial charge on any atom is 0.340 e. The summed E-state index contributed by atoms with van der Waals surface area (Å²) in [5.74, 6) is -0.735. The Morgan fingerprint density at radius 2 is 1.79 bits per heavy atom. The summed E-state index contributed by atoms with van der Waals surface area (Å²) >= 11 is 1.46. The van der Waals surface area contributed by atoms with Gasteiger partial charge in [-0.25, -0.2) is 4.79 Å². The zero-order valence-corrected chi connectivity index (χ0v) is 19.9. The summed E-state index contributed by atoms with van der Waals surface area (Å²) in [6.45, 7) is 4.21. The number of amides is 2. The minimum atomic E-state index is -0.759. The molecule has 10 heteroatoms. The summed E-state index contributed by atoms with van der Waals surface area (Å²) in [4.78, 5) is 40.5. The van der Waals surface area contributed by atoms with Crippen LogP contribution in [0.25, 0.3) is 0 Å². The number of methoxy groups -OCH3 is 2. The maximum absolute atomic E-state index is 12.9. The van der Waals surface area contributed by atoms with Gasteiger partial charge in [0.05, 0.1) is 44.1 Å². The molecule has 0 bridgehead atoms. The first kappa shape index (κ1) is 24.5. The Balaban J connectivity index is 1.74. The second-order valence-electron chi connectivity index (χ2n) is 7.69. The first-order valence-electron chi connectivity index (χ1n) is 10.5. The van der Waals surface area contributed by atoms with E-state index in [0.717, 1.165) is 4.88 Å². The van der Waals surface area contributed by atoms with Crippen LogP contribution >= 0.6 is 11.3 Å². The number of nitrogens with zero attached hydrogens (tertiary/aromatic N) is 1. The van der Waals surface area contributed by atoms with Crippen molar-refractivity contribution in [1.82, 2.24) is 4.90 Å². The molecule has 0 radical (unpaired) electrons. The van der Waals surface area contributed by atoms with Crippen molar-refractivity contribution in [3.63, 3.8) is 0 Å².